The van der Waals surface area contributed by atoms with Crippen LogP contribution in [-0.4, -0.2) is 69.9 Å². The summed E-state index contributed by atoms with van der Waals surface area (Å²) in [7, 11) is 1.69. The maximum Gasteiger partial charge on any atom is 0.234 e. The Labute approximate surface area is 171 Å². The highest BCUT2D eigenvalue weighted by atomic mass is 16.6. The number of amides is 1. The first-order valence-electron chi connectivity index (χ1n) is 9.98. The van der Waals surface area contributed by atoms with Gasteiger partial charge in [-0.15, -0.1) is 0 Å². The molecule has 154 valence electrons. The first-order chi connectivity index (χ1) is 14.2. The molecule has 7 heteroatoms. The van der Waals surface area contributed by atoms with Crippen molar-refractivity contribution in [1.29, 1.82) is 0 Å². The molecule has 4 rings (SSSR count). The van der Waals surface area contributed by atoms with E-state index in [9.17, 15) is 4.79 Å². The number of benzene rings is 2. The Bertz CT molecular complexity index is 836. The van der Waals surface area contributed by atoms with Gasteiger partial charge in [-0.05, 0) is 24.3 Å². The van der Waals surface area contributed by atoms with Crippen molar-refractivity contribution >= 4 is 11.6 Å². The average Bonchev–Trinajstić information content (AvgIpc) is 2.78. The molecule has 2 aromatic rings. The highest BCUT2D eigenvalue weighted by molar-refractivity contribution is 5.78. The van der Waals surface area contributed by atoms with E-state index in [-0.39, 0.29) is 12.0 Å². The van der Waals surface area contributed by atoms with Gasteiger partial charge in [-0.2, -0.15) is 0 Å². The van der Waals surface area contributed by atoms with Crippen molar-refractivity contribution in [2.75, 3.05) is 57.9 Å². The Morgan fingerprint density at radius 3 is 2.59 bits per heavy atom. The summed E-state index contributed by atoms with van der Waals surface area (Å²) in [5, 5.41) is 2.97. The molecule has 2 aliphatic rings. The zero-order valence-corrected chi connectivity index (χ0v) is 16.7. The molecule has 2 aliphatic heterocycles. The quantitative estimate of drug-likeness (QED) is 0.802. The molecule has 1 fully saturated rings. The third-order valence-electron chi connectivity index (χ3n) is 5.26. The van der Waals surface area contributed by atoms with Crippen molar-refractivity contribution in [2.45, 2.75) is 6.10 Å². The molecular weight excluding hydrogens is 370 g/mol. The second kappa shape index (κ2) is 9.05. The highest BCUT2D eigenvalue weighted by Gasteiger charge is 2.23. The number of hydrogen-bond donors (Lipinski definition) is 1. The summed E-state index contributed by atoms with van der Waals surface area (Å²) in [4.78, 5) is 16.8. The standard InChI is InChI=1S/C22H27N3O4/c1-27-19-7-3-2-6-18(19)25-12-10-24(11-13-25)15-22(26)23-14-17-16-28-20-8-4-5-9-21(20)29-17/h2-9,17H,10-16H2,1H3,(H,23,26)/t17-/m1/s1. The number of hydrogen-bond acceptors (Lipinski definition) is 6. The van der Waals surface area contributed by atoms with Gasteiger partial charge in [0.2, 0.25) is 5.91 Å². The molecular formula is C22H27N3O4. The Hall–Kier alpha value is -2.93. The maximum atomic E-state index is 12.4. The third kappa shape index (κ3) is 4.74. The zero-order valence-electron chi connectivity index (χ0n) is 16.7. The molecule has 2 aromatic carbocycles. The molecule has 1 amide bonds. The van der Waals surface area contributed by atoms with E-state index in [1.54, 1.807) is 7.11 Å². The van der Waals surface area contributed by atoms with Crippen LogP contribution in [0.1, 0.15) is 0 Å². The molecule has 0 radical (unpaired) electrons. The van der Waals surface area contributed by atoms with Crippen LogP contribution in [0, 0.1) is 0 Å². The van der Waals surface area contributed by atoms with E-state index in [0.717, 1.165) is 49.1 Å². The number of anilines is 1. The Kier molecular flexibility index (Phi) is 6.05. The number of nitrogens with one attached hydrogen (secondary N) is 1. The van der Waals surface area contributed by atoms with Crippen LogP contribution in [0.2, 0.25) is 0 Å². The van der Waals surface area contributed by atoms with Crippen molar-refractivity contribution in [3.63, 3.8) is 0 Å². The molecule has 1 atom stereocenters. The summed E-state index contributed by atoms with van der Waals surface area (Å²) < 4.78 is 17.0. The smallest absolute Gasteiger partial charge is 0.234 e. The normalized spacial score (nSPS) is 18.9. The average molecular weight is 397 g/mol. The monoisotopic (exact) mass is 397 g/mol. The second-order valence-electron chi connectivity index (χ2n) is 7.24. The summed E-state index contributed by atoms with van der Waals surface area (Å²) in [5.41, 5.74) is 1.11. The predicted octanol–water partition coefficient (Wildman–Crippen LogP) is 1.77. The van der Waals surface area contributed by atoms with Gasteiger partial charge >= 0.3 is 0 Å². The number of carbonyl (C=O) groups excluding carboxylic acids is 1. The summed E-state index contributed by atoms with van der Waals surface area (Å²) in [6.07, 6.45) is -0.170. The molecule has 7 nitrogen and oxygen atoms in total. The van der Waals surface area contributed by atoms with Crippen LogP contribution >= 0.6 is 0 Å². The lowest BCUT2D eigenvalue weighted by atomic mass is 10.2. The first kappa shape index (κ1) is 19.4. The second-order valence-corrected chi connectivity index (χ2v) is 7.24. The zero-order chi connectivity index (χ0) is 20.1. The summed E-state index contributed by atoms with van der Waals surface area (Å²) in [6, 6.07) is 15.6. The fourth-order valence-electron chi connectivity index (χ4n) is 3.69. The minimum Gasteiger partial charge on any atom is -0.495 e. The molecule has 0 unspecified atom stereocenters. The molecule has 0 aliphatic carbocycles. The Morgan fingerprint density at radius 2 is 1.79 bits per heavy atom. The van der Waals surface area contributed by atoms with Gasteiger partial charge in [-0.3, -0.25) is 9.69 Å². The predicted molar refractivity (Wildman–Crippen MR) is 111 cm³/mol. The topological polar surface area (TPSA) is 63.3 Å². The number of carbonyl (C=O) groups is 1. The number of para-hydroxylation sites is 4. The van der Waals surface area contributed by atoms with E-state index in [2.05, 4.69) is 21.2 Å². The number of fused-ring (bicyclic) bond motifs is 1. The Morgan fingerprint density at radius 1 is 1.07 bits per heavy atom. The van der Waals surface area contributed by atoms with Crippen LogP contribution in [0.25, 0.3) is 0 Å². The van der Waals surface area contributed by atoms with E-state index in [4.69, 9.17) is 14.2 Å². The largest absolute Gasteiger partial charge is 0.495 e. The van der Waals surface area contributed by atoms with Gasteiger partial charge in [-0.25, -0.2) is 0 Å². The van der Waals surface area contributed by atoms with Gasteiger partial charge in [-0.1, -0.05) is 24.3 Å². The van der Waals surface area contributed by atoms with E-state index < -0.39 is 0 Å². The molecule has 29 heavy (non-hydrogen) atoms. The van der Waals surface area contributed by atoms with Gasteiger partial charge in [0, 0.05) is 26.2 Å². The number of rotatable bonds is 6. The lowest BCUT2D eigenvalue weighted by Gasteiger charge is -2.36. The fourth-order valence-corrected chi connectivity index (χ4v) is 3.69. The molecule has 2 heterocycles. The van der Waals surface area contributed by atoms with E-state index in [1.165, 1.54) is 0 Å². The molecule has 0 aromatic heterocycles. The Balaban J connectivity index is 1.20. The van der Waals surface area contributed by atoms with Crippen LogP contribution in [-0.2, 0) is 4.79 Å². The molecule has 0 saturated carbocycles. The van der Waals surface area contributed by atoms with Crippen LogP contribution in [0.15, 0.2) is 48.5 Å². The van der Waals surface area contributed by atoms with Crippen molar-refractivity contribution in [3.05, 3.63) is 48.5 Å². The van der Waals surface area contributed by atoms with Gasteiger partial charge in [0.25, 0.3) is 0 Å². The van der Waals surface area contributed by atoms with E-state index in [0.29, 0.717) is 19.7 Å². The van der Waals surface area contributed by atoms with E-state index in [1.807, 2.05) is 42.5 Å². The maximum absolute atomic E-state index is 12.4. The van der Waals surface area contributed by atoms with Crippen molar-refractivity contribution < 1.29 is 19.0 Å². The van der Waals surface area contributed by atoms with Crippen molar-refractivity contribution in [3.8, 4) is 17.2 Å². The van der Waals surface area contributed by atoms with Gasteiger partial charge < -0.3 is 24.4 Å². The SMILES string of the molecule is COc1ccccc1N1CCN(CC(=O)NC[C@@H]2COc3ccccc3O2)CC1. The number of piperazine rings is 1. The number of methoxy groups -OCH3 is 1. The summed E-state index contributed by atoms with van der Waals surface area (Å²) in [5.74, 6) is 2.38. The first-order valence-corrected chi connectivity index (χ1v) is 9.98. The molecule has 0 spiro atoms. The number of ether oxygens (including phenoxy) is 3. The van der Waals surface area contributed by atoms with E-state index >= 15 is 0 Å². The fraction of sp³-hybridized carbons (Fsp3) is 0.409. The van der Waals surface area contributed by atoms with Gasteiger partial charge in [0.15, 0.2) is 11.5 Å². The van der Waals surface area contributed by atoms with Crippen LogP contribution in [0.5, 0.6) is 17.2 Å². The van der Waals surface area contributed by atoms with Crippen molar-refractivity contribution in [2.24, 2.45) is 0 Å². The van der Waals surface area contributed by atoms with Gasteiger partial charge in [0.1, 0.15) is 18.5 Å². The highest BCUT2D eigenvalue weighted by Crippen LogP contribution is 2.30. The summed E-state index contributed by atoms with van der Waals surface area (Å²) in [6.45, 7) is 4.67. The third-order valence-corrected chi connectivity index (χ3v) is 5.26. The minimum absolute atomic E-state index is 0.0122. The minimum atomic E-state index is -0.170. The lowest BCUT2D eigenvalue weighted by molar-refractivity contribution is -0.122. The number of nitrogens with zero attached hydrogens (tertiary/aromatic N) is 2. The summed E-state index contributed by atoms with van der Waals surface area (Å²) >= 11 is 0. The van der Waals surface area contributed by atoms with Gasteiger partial charge in [0.05, 0.1) is 25.9 Å². The molecule has 0 bridgehead atoms. The van der Waals surface area contributed by atoms with Crippen LogP contribution in [0.4, 0.5) is 5.69 Å². The molecule has 1 saturated heterocycles. The van der Waals surface area contributed by atoms with Crippen LogP contribution < -0.4 is 24.4 Å². The van der Waals surface area contributed by atoms with Crippen molar-refractivity contribution in [1.82, 2.24) is 10.2 Å². The molecule has 1 N–H and O–H groups in total. The van der Waals surface area contributed by atoms with Crippen LogP contribution in [0.3, 0.4) is 0 Å². The lowest BCUT2D eigenvalue weighted by Crippen LogP contribution is -2.50.